The Morgan fingerprint density at radius 3 is 3.00 bits per heavy atom. The summed E-state index contributed by atoms with van der Waals surface area (Å²) in [5, 5.41) is 0. The summed E-state index contributed by atoms with van der Waals surface area (Å²) in [6.45, 7) is 2.34. The predicted octanol–water partition coefficient (Wildman–Crippen LogP) is 1.47. The quantitative estimate of drug-likeness (QED) is 0.485. The van der Waals surface area contributed by atoms with Crippen molar-refractivity contribution in [1.82, 2.24) is 0 Å². The summed E-state index contributed by atoms with van der Waals surface area (Å²) in [7, 11) is 0. The second kappa shape index (κ2) is 3.74. The first kappa shape index (κ1) is 7.76. The fraction of sp³-hybridized carbons (Fsp3) is 0.375. The first-order valence-corrected chi connectivity index (χ1v) is 3.42. The van der Waals surface area contributed by atoms with Gasteiger partial charge in [-0.05, 0) is 19.1 Å². The summed E-state index contributed by atoms with van der Waals surface area (Å²) in [5.74, 6) is 1.75. The van der Waals surface area contributed by atoms with Crippen LogP contribution in [0.15, 0.2) is 21.5 Å². The number of hydrogen-bond donors (Lipinski definition) is 0. The molecule has 1 aromatic heterocycles. The van der Waals surface area contributed by atoms with Crippen LogP contribution in [0.1, 0.15) is 11.5 Å². The smallest absolute Gasteiger partial charge is 0.234 e. The van der Waals surface area contributed by atoms with E-state index in [-0.39, 0.29) is 0 Å². The van der Waals surface area contributed by atoms with Crippen molar-refractivity contribution in [2.24, 2.45) is 4.99 Å². The topological polar surface area (TPSA) is 42.6 Å². The van der Waals surface area contributed by atoms with E-state index < -0.39 is 0 Å². The van der Waals surface area contributed by atoms with Gasteiger partial charge in [0, 0.05) is 6.42 Å². The van der Waals surface area contributed by atoms with E-state index in [9.17, 15) is 4.79 Å². The van der Waals surface area contributed by atoms with E-state index in [0.29, 0.717) is 13.0 Å². The van der Waals surface area contributed by atoms with Gasteiger partial charge in [-0.15, -0.1) is 0 Å². The molecule has 0 radical (unpaired) electrons. The molecule has 1 heterocycles. The summed E-state index contributed by atoms with van der Waals surface area (Å²) in [4.78, 5) is 13.1. The second-order valence-electron chi connectivity index (χ2n) is 2.24. The standard InChI is InChI=1S/C8H9NO2/c1-7-2-3-8(11-7)4-5-9-6-10/h2-3H,4-5H2,1H3. The monoisotopic (exact) mass is 151 g/mol. The van der Waals surface area contributed by atoms with Crippen LogP contribution in [0.5, 0.6) is 0 Å². The highest BCUT2D eigenvalue weighted by Crippen LogP contribution is 2.06. The van der Waals surface area contributed by atoms with Crippen LogP contribution in [0.25, 0.3) is 0 Å². The average molecular weight is 151 g/mol. The molecule has 0 aromatic carbocycles. The van der Waals surface area contributed by atoms with Crippen molar-refractivity contribution in [1.29, 1.82) is 0 Å². The first-order chi connectivity index (χ1) is 5.33. The molecule has 0 bridgehead atoms. The number of aliphatic imine (C=N–C) groups is 1. The molecule has 0 amide bonds. The highest BCUT2D eigenvalue weighted by molar-refractivity contribution is 5.32. The van der Waals surface area contributed by atoms with Crippen molar-refractivity contribution >= 4 is 6.08 Å². The van der Waals surface area contributed by atoms with Gasteiger partial charge in [-0.25, -0.2) is 9.79 Å². The third-order valence-electron chi connectivity index (χ3n) is 1.33. The molecule has 0 fully saturated rings. The third-order valence-corrected chi connectivity index (χ3v) is 1.33. The molecular formula is C8H9NO2. The van der Waals surface area contributed by atoms with Crippen LogP contribution in [0.2, 0.25) is 0 Å². The predicted molar refractivity (Wildman–Crippen MR) is 40.1 cm³/mol. The Morgan fingerprint density at radius 1 is 1.64 bits per heavy atom. The molecule has 0 aliphatic heterocycles. The molecule has 0 spiro atoms. The second-order valence-corrected chi connectivity index (χ2v) is 2.24. The number of carbonyl (C=O) groups excluding carboxylic acids is 1. The molecule has 0 unspecified atom stereocenters. The first-order valence-electron chi connectivity index (χ1n) is 3.42. The largest absolute Gasteiger partial charge is 0.466 e. The molecule has 0 N–H and O–H groups in total. The van der Waals surface area contributed by atoms with Crippen molar-refractivity contribution in [2.45, 2.75) is 13.3 Å². The van der Waals surface area contributed by atoms with Crippen LogP contribution < -0.4 is 0 Å². The molecule has 0 atom stereocenters. The van der Waals surface area contributed by atoms with Crippen molar-refractivity contribution in [2.75, 3.05) is 6.54 Å². The van der Waals surface area contributed by atoms with Gasteiger partial charge in [0.05, 0.1) is 6.54 Å². The van der Waals surface area contributed by atoms with Gasteiger partial charge in [-0.1, -0.05) is 0 Å². The van der Waals surface area contributed by atoms with Crippen molar-refractivity contribution < 1.29 is 9.21 Å². The van der Waals surface area contributed by atoms with Crippen LogP contribution in [0.4, 0.5) is 0 Å². The highest BCUT2D eigenvalue weighted by atomic mass is 16.3. The summed E-state index contributed by atoms with van der Waals surface area (Å²) < 4.78 is 5.24. The van der Waals surface area contributed by atoms with Gasteiger partial charge in [0.25, 0.3) is 0 Å². The van der Waals surface area contributed by atoms with Gasteiger partial charge in [0.2, 0.25) is 6.08 Å². The lowest BCUT2D eigenvalue weighted by atomic mass is 10.3. The number of hydrogen-bond acceptors (Lipinski definition) is 3. The number of furan rings is 1. The Labute approximate surface area is 64.7 Å². The summed E-state index contributed by atoms with van der Waals surface area (Å²) in [6.07, 6.45) is 2.15. The summed E-state index contributed by atoms with van der Waals surface area (Å²) in [5.41, 5.74) is 0. The van der Waals surface area contributed by atoms with Gasteiger partial charge < -0.3 is 4.42 Å². The number of isocyanates is 1. The van der Waals surface area contributed by atoms with Gasteiger partial charge in [0.1, 0.15) is 11.5 Å². The maximum Gasteiger partial charge on any atom is 0.234 e. The Balaban J connectivity index is 2.44. The lowest BCUT2D eigenvalue weighted by Gasteiger charge is -1.88. The molecule has 0 aliphatic carbocycles. The van der Waals surface area contributed by atoms with Crippen LogP contribution in [-0.4, -0.2) is 12.6 Å². The Hall–Kier alpha value is -1.34. The molecule has 0 saturated carbocycles. The zero-order valence-electron chi connectivity index (χ0n) is 6.33. The Kier molecular flexibility index (Phi) is 2.64. The molecule has 11 heavy (non-hydrogen) atoms. The fourth-order valence-electron chi connectivity index (χ4n) is 0.831. The molecule has 1 aromatic rings. The lowest BCUT2D eigenvalue weighted by Crippen LogP contribution is -1.85. The summed E-state index contributed by atoms with van der Waals surface area (Å²) >= 11 is 0. The molecule has 1 rings (SSSR count). The molecule has 58 valence electrons. The van der Waals surface area contributed by atoms with Gasteiger partial charge in [-0.2, -0.15) is 0 Å². The lowest BCUT2D eigenvalue weighted by molar-refractivity contribution is 0.484. The van der Waals surface area contributed by atoms with Crippen molar-refractivity contribution in [3.8, 4) is 0 Å². The molecule has 0 saturated heterocycles. The minimum atomic E-state index is 0.455. The molecule has 0 aliphatic rings. The van der Waals surface area contributed by atoms with Gasteiger partial charge in [0.15, 0.2) is 0 Å². The number of aryl methyl sites for hydroxylation is 1. The van der Waals surface area contributed by atoms with Gasteiger partial charge >= 0.3 is 0 Å². The van der Waals surface area contributed by atoms with E-state index in [1.54, 1.807) is 0 Å². The van der Waals surface area contributed by atoms with Gasteiger partial charge in [-0.3, -0.25) is 0 Å². The number of rotatable bonds is 3. The van der Waals surface area contributed by atoms with E-state index in [1.165, 1.54) is 6.08 Å². The highest BCUT2D eigenvalue weighted by Gasteiger charge is 1.95. The third kappa shape index (κ3) is 2.40. The molecular weight excluding hydrogens is 142 g/mol. The Morgan fingerprint density at radius 2 is 2.45 bits per heavy atom. The van der Waals surface area contributed by atoms with E-state index >= 15 is 0 Å². The molecule has 3 nitrogen and oxygen atoms in total. The van der Waals surface area contributed by atoms with Crippen molar-refractivity contribution in [3.63, 3.8) is 0 Å². The maximum absolute atomic E-state index is 9.68. The zero-order valence-corrected chi connectivity index (χ0v) is 6.33. The average Bonchev–Trinajstić information content (AvgIpc) is 2.37. The van der Waals surface area contributed by atoms with E-state index in [4.69, 9.17) is 4.42 Å². The summed E-state index contributed by atoms with van der Waals surface area (Å²) in [6, 6.07) is 3.77. The van der Waals surface area contributed by atoms with E-state index in [1.807, 2.05) is 19.1 Å². The van der Waals surface area contributed by atoms with Crippen molar-refractivity contribution in [3.05, 3.63) is 23.7 Å². The Bertz CT molecular complexity index is 271. The normalized spacial score (nSPS) is 9.18. The van der Waals surface area contributed by atoms with Crippen LogP contribution >= 0.6 is 0 Å². The SMILES string of the molecule is Cc1ccc(CCN=C=O)o1. The van der Waals surface area contributed by atoms with Crippen LogP contribution in [0, 0.1) is 6.92 Å². The van der Waals surface area contributed by atoms with Crippen LogP contribution in [0.3, 0.4) is 0 Å². The number of nitrogens with zero attached hydrogens (tertiary/aromatic N) is 1. The zero-order chi connectivity index (χ0) is 8.10. The maximum atomic E-state index is 9.68. The van der Waals surface area contributed by atoms with E-state index in [2.05, 4.69) is 4.99 Å². The minimum absolute atomic E-state index is 0.455. The van der Waals surface area contributed by atoms with Crippen LogP contribution in [-0.2, 0) is 11.2 Å². The fourth-order valence-corrected chi connectivity index (χ4v) is 0.831. The minimum Gasteiger partial charge on any atom is -0.466 e. The van der Waals surface area contributed by atoms with E-state index in [0.717, 1.165) is 11.5 Å². The molecule has 3 heteroatoms.